The van der Waals surface area contributed by atoms with Gasteiger partial charge in [0.1, 0.15) is 6.10 Å². The average Bonchev–Trinajstić information content (AvgIpc) is 2.67. The zero-order chi connectivity index (χ0) is 21.0. The fourth-order valence-electron chi connectivity index (χ4n) is 2.97. The molecule has 0 amide bonds. The Morgan fingerprint density at radius 2 is 1.32 bits per heavy atom. The third kappa shape index (κ3) is 17.0. The first-order valence-electron chi connectivity index (χ1n) is 11.3. The molecular weight excluding hydrogens is 356 g/mol. The SMILES string of the molecule is CCCCCCCCCCCOC(=O)CCCC(=O)OC(C)C(C)CCOC. The van der Waals surface area contributed by atoms with Gasteiger partial charge in [0, 0.05) is 26.6 Å². The van der Waals surface area contributed by atoms with Crippen LogP contribution in [0.2, 0.25) is 0 Å². The molecule has 0 aromatic heterocycles. The van der Waals surface area contributed by atoms with Crippen molar-refractivity contribution in [1.29, 1.82) is 0 Å². The smallest absolute Gasteiger partial charge is 0.306 e. The van der Waals surface area contributed by atoms with Crippen molar-refractivity contribution in [2.24, 2.45) is 5.92 Å². The zero-order valence-electron chi connectivity index (χ0n) is 18.8. The summed E-state index contributed by atoms with van der Waals surface area (Å²) in [5.41, 5.74) is 0. The van der Waals surface area contributed by atoms with Crippen molar-refractivity contribution >= 4 is 11.9 Å². The van der Waals surface area contributed by atoms with Crippen LogP contribution in [0.25, 0.3) is 0 Å². The topological polar surface area (TPSA) is 61.8 Å². The minimum absolute atomic E-state index is 0.138. The fraction of sp³-hybridized carbons (Fsp3) is 0.913. The van der Waals surface area contributed by atoms with Crippen LogP contribution in [0.1, 0.15) is 104 Å². The largest absolute Gasteiger partial charge is 0.466 e. The number of unbranched alkanes of at least 4 members (excludes halogenated alkanes) is 8. The summed E-state index contributed by atoms with van der Waals surface area (Å²) in [6.45, 7) is 7.33. The van der Waals surface area contributed by atoms with Crippen molar-refractivity contribution in [2.75, 3.05) is 20.3 Å². The van der Waals surface area contributed by atoms with E-state index in [9.17, 15) is 9.59 Å². The second-order valence-electron chi connectivity index (χ2n) is 7.86. The Balaban J connectivity index is 3.52. The summed E-state index contributed by atoms with van der Waals surface area (Å²) in [5, 5.41) is 0. The molecule has 2 atom stereocenters. The molecule has 28 heavy (non-hydrogen) atoms. The summed E-state index contributed by atoms with van der Waals surface area (Å²) in [5.74, 6) is -0.206. The number of ether oxygens (including phenoxy) is 3. The van der Waals surface area contributed by atoms with Crippen LogP contribution in [0.4, 0.5) is 0 Å². The second-order valence-corrected chi connectivity index (χ2v) is 7.86. The van der Waals surface area contributed by atoms with E-state index in [0.29, 0.717) is 19.6 Å². The quantitative estimate of drug-likeness (QED) is 0.201. The molecule has 0 saturated carbocycles. The van der Waals surface area contributed by atoms with Crippen LogP contribution < -0.4 is 0 Å². The summed E-state index contributed by atoms with van der Waals surface area (Å²) in [6.07, 6.45) is 12.9. The third-order valence-corrected chi connectivity index (χ3v) is 5.17. The van der Waals surface area contributed by atoms with E-state index in [1.807, 2.05) is 13.8 Å². The Morgan fingerprint density at radius 3 is 1.93 bits per heavy atom. The van der Waals surface area contributed by atoms with Gasteiger partial charge in [-0.05, 0) is 32.1 Å². The minimum Gasteiger partial charge on any atom is -0.466 e. The normalized spacial score (nSPS) is 13.1. The molecular formula is C23H44O5. The zero-order valence-corrected chi connectivity index (χ0v) is 18.8. The lowest BCUT2D eigenvalue weighted by Crippen LogP contribution is -2.23. The van der Waals surface area contributed by atoms with Gasteiger partial charge in [0.2, 0.25) is 0 Å². The Morgan fingerprint density at radius 1 is 0.750 bits per heavy atom. The number of rotatable bonds is 19. The molecule has 0 aliphatic carbocycles. The molecule has 0 aromatic rings. The van der Waals surface area contributed by atoms with E-state index in [0.717, 1.165) is 19.3 Å². The van der Waals surface area contributed by atoms with Gasteiger partial charge in [-0.3, -0.25) is 9.59 Å². The Kier molecular flexibility index (Phi) is 18.5. The van der Waals surface area contributed by atoms with Gasteiger partial charge < -0.3 is 14.2 Å². The first kappa shape index (κ1) is 26.9. The van der Waals surface area contributed by atoms with Gasteiger partial charge in [0.25, 0.3) is 0 Å². The summed E-state index contributed by atoms with van der Waals surface area (Å²) < 4.78 is 15.7. The van der Waals surface area contributed by atoms with Gasteiger partial charge in [-0.2, -0.15) is 0 Å². The highest BCUT2D eigenvalue weighted by molar-refractivity contribution is 5.72. The monoisotopic (exact) mass is 400 g/mol. The predicted octanol–water partition coefficient (Wildman–Crippen LogP) is 5.84. The summed E-state index contributed by atoms with van der Waals surface area (Å²) in [6, 6.07) is 0. The van der Waals surface area contributed by atoms with Gasteiger partial charge >= 0.3 is 11.9 Å². The molecule has 0 N–H and O–H groups in total. The van der Waals surface area contributed by atoms with Crippen LogP contribution in [0.5, 0.6) is 0 Å². The van der Waals surface area contributed by atoms with Gasteiger partial charge in [-0.1, -0.05) is 65.2 Å². The van der Waals surface area contributed by atoms with Gasteiger partial charge in [0.05, 0.1) is 6.61 Å². The first-order chi connectivity index (χ1) is 13.5. The number of hydrogen-bond acceptors (Lipinski definition) is 5. The lowest BCUT2D eigenvalue weighted by molar-refractivity contribution is -0.151. The second kappa shape index (κ2) is 19.2. The lowest BCUT2D eigenvalue weighted by atomic mass is 10.0. The fourth-order valence-corrected chi connectivity index (χ4v) is 2.97. The molecule has 0 aliphatic heterocycles. The lowest BCUT2D eigenvalue weighted by Gasteiger charge is -2.20. The van der Waals surface area contributed by atoms with Crippen molar-refractivity contribution in [3.05, 3.63) is 0 Å². The van der Waals surface area contributed by atoms with Crippen LogP contribution in [0, 0.1) is 5.92 Å². The standard InChI is InChI=1S/C23H44O5/c1-5-6-7-8-9-10-11-12-13-18-27-22(24)15-14-16-23(25)28-21(3)20(2)17-19-26-4/h20-21H,5-19H2,1-4H3. The number of carbonyl (C=O) groups excluding carboxylic acids is 2. The summed E-state index contributed by atoms with van der Waals surface area (Å²) in [7, 11) is 1.66. The molecule has 0 rings (SSSR count). The van der Waals surface area contributed by atoms with Crippen molar-refractivity contribution in [2.45, 2.75) is 110 Å². The minimum atomic E-state index is -0.247. The maximum Gasteiger partial charge on any atom is 0.306 e. The molecule has 166 valence electrons. The first-order valence-corrected chi connectivity index (χ1v) is 11.3. The highest BCUT2D eigenvalue weighted by Gasteiger charge is 2.17. The molecule has 0 bridgehead atoms. The van der Waals surface area contributed by atoms with E-state index in [1.165, 1.54) is 44.9 Å². The van der Waals surface area contributed by atoms with E-state index in [4.69, 9.17) is 14.2 Å². The van der Waals surface area contributed by atoms with Crippen LogP contribution in [0.15, 0.2) is 0 Å². The molecule has 5 heteroatoms. The number of methoxy groups -OCH3 is 1. The van der Waals surface area contributed by atoms with Crippen LogP contribution in [0.3, 0.4) is 0 Å². The van der Waals surface area contributed by atoms with Crippen LogP contribution in [-0.4, -0.2) is 38.4 Å². The van der Waals surface area contributed by atoms with E-state index >= 15 is 0 Å². The molecule has 0 spiro atoms. The molecule has 0 aliphatic rings. The number of hydrogen-bond donors (Lipinski definition) is 0. The van der Waals surface area contributed by atoms with Crippen molar-refractivity contribution < 1.29 is 23.8 Å². The Hall–Kier alpha value is -1.10. The molecule has 0 aromatic carbocycles. The molecule has 2 unspecified atom stereocenters. The molecule has 0 radical (unpaired) electrons. The number of carbonyl (C=O) groups is 2. The van der Waals surface area contributed by atoms with E-state index in [1.54, 1.807) is 7.11 Å². The predicted molar refractivity (Wildman–Crippen MR) is 113 cm³/mol. The maximum atomic E-state index is 11.9. The van der Waals surface area contributed by atoms with E-state index < -0.39 is 0 Å². The van der Waals surface area contributed by atoms with E-state index in [2.05, 4.69) is 6.92 Å². The highest BCUT2D eigenvalue weighted by atomic mass is 16.5. The number of esters is 2. The van der Waals surface area contributed by atoms with Crippen molar-refractivity contribution in [3.8, 4) is 0 Å². The highest BCUT2D eigenvalue weighted by Crippen LogP contribution is 2.13. The van der Waals surface area contributed by atoms with Crippen LogP contribution in [-0.2, 0) is 23.8 Å². The Bertz CT molecular complexity index is 383. The van der Waals surface area contributed by atoms with E-state index in [-0.39, 0.29) is 36.8 Å². The van der Waals surface area contributed by atoms with Crippen molar-refractivity contribution in [3.63, 3.8) is 0 Å². The molecule has 5 nitrogen and oxygen atoms in total. The van der Waals surface area contributed by atoms with Crippen LogP contribution >= 0.6 is 0 Å². The van der Waals surface area contributed by atoms with Gasteiger partial charge in [0.15, 0.2) is 0 Å². The van der Waals surface area contributed by atoms with Crippen molar-refractivity contribution in [1.82, 2.24) is 0 Å². The summed E-state index contributed by atoms with van der Waals surface area (Å²) >= 11 is 0. The van der Waals surface area contributed by atoms with Gasteiger partial charge in [-0.15, -0.1) is 0 Å². The Labute approximate surface area is 172 Å². The third-order valence-electron chi connectivity index (χ3n) is 5.17. The molecule has 0 saturated heterocycles. The van der Waals surface area contributed by atoms with Gasteiger partial charge in [-0.25, -0.2) is 0 Å². The molecule has 0 heterocycles. The summed E-state index contributed by atoms with van der Waals surface area (Å²) in [4.78, 5) is 23.6. The molecule has 0 fully saturated rings. The average molecular weight is 401 g/mol. The maximum absolute atomic E-state index is 11.9.